The van der Waals surface area contributed by atoms with Gasteiger partial charge in [0, 0.05) is 0 Å². The first-order valence-electron chi connectivity index (χ1n) is 17.5. The van der Waals surface area contributed by atoms with Crippen molar-refractivity contribution in [3.05, 3.63) is 122 Å². The smallest absolute Gasteiger partial charge is 1.00 e. The van der Waals surface area contributed by atoms with Crippen LogP contribution in [-0.2, 0) is 51.3 Å². The van der Waals surface area contributed by atoms with Gasteiger partial charge in [0.15, 0.2) is 0 Å². The number of benzene rings is 4. The van der Waals surface area contributed by atoms with E-state index in [0.29, 0.717) is 0 Å². The zero-order valence-electron chi connectivity index (χ0n) is 31.8. The molecule has 0 radical (unpaired) electrons. The maximum Gasteiger partial charge on any atom is -1.00 e. The molecule has 0 bridgehead atoms. The third-order valence-corrected chi connectivity index (χ3v) is 13.8. The van der Waals surface area contributed by atoms with Gasteiger partial charge >= 0.3 is 299 Å². The zero-order valence-corrected chi connectivity index (χ0v) is 35.7. The maximum atomic E-state index is 2.60. The Morgan fingerprint density at radius 2 is 1.04 bits per heavy atom. The molecule has 0 spiro atoms. The summed E-state index contributed by atoms with van der Waals surface area (Å²) in [6.07, 6.45) is 9.20. The molecule has 256 valence electrons. The van der Waals surface area contributed by atoms with Crippen LogP contribution in [0.4, 0.5) is 0 Å². The van der Waals surface area contributed by atoms with E-state index in [-0.39, 0.29) is 46.5 Å². The van der Waals surface area contributed by atoms with E-state index in [4.69, 9.17) is 0 Å². The second kappa shape index (κ2) is 14.1. The van der Waals surface area contributed by atoms with Crippen LogP contribution in [0.5, 0.6) is 0 Å². The van der Waals surface area contributed by atoms with Gasteiger partial charge in [-0.25, -0.2) is 0 Å². The van der Waals surface area contributed by atoms with Crippen molar-refractivity contribution in [2.24, 2.45) is 0 Å². The van der Waals surface area contributed by atoms with E-state index in [2.05, 4.69) is 168 Å². The fourth-order valence-electron chi connectivity index (χ4n) is 7.26. The Bertz CT molecular complexity index is 1890. The monoisotopic (exact) mass is 766 g/mol. The minimum Gasteiger partial charge on any atom is -1.00 e. The zero-order chi connectivity index (χ0) is 34.1. The molecular weight excluding hydrogens is 715 g/mol. The number of allylic oxidation sites excluding steroid dienone is 4. The molecule has 0 atom stereocenters. The summed E-state index contributed by atoms with van der Waals surface area (Å²) in [6.45, 7) is 28.2. The van der Waals surface area contributed by atoms with Gasteiger partial charge in [0.25, 0.3) is 0 Å². The van der Waals surface area contributed by atoms with Crippen LogP contribution in [-0.4, -0.2) is 0 Å². The number of hydrogen-bond acceptors (Lipinski definition) is 0. The number of hydrogen-bond donors (Lipinski definition) is 0. The van der Waals surface area contributed by atoms with Gasteiger partial charge in [-0.3, -0.25) is 0 Å². The van der Waals surface area contributed by atoms with Crippen molar-refractivity contribution in [3.8, 4) is 33.4 Å². The van der Waals surface area contributed by atoms with Crippen molar-refractivity contribution in [3.63, 3.8) is 0 Å². The molecule has 4 aromatic carbocycles. The Labute approximate surface area is 321 Å². The predicted octanol–water partition coefficient (Wildman–Crippen LogP) is 6.34. The summed E-state index contributed by atoms with van der Waals surface area (Å²) in [5, 5.41) is 0. The molecular formula is C46H54Cl2Zr. The quantitative estimate of drug-likeness (QED) is 0.201. The predicted molar refractivity (Wildman–Crippen MR) is 202 cm³/mol. The molecule has 3 heteroatoms. The van der Waals surface area contributed by atoms with E-state index in [1.807, 2.05) is 0 Å². The van der Waals surface area contributed by atoms with E-state index >= 15 is 0 Å². The Balaban J connectivity index is 0.00000270. The van der Waals surface area contributed by atoms with Crippen molar-refractivity contribution >= 4 is 3.27 Å². The Hall–Kier alpha value is -2.18. The SMILES string of the molecule is CC(C)(C)c1ccc(-c2cc3c(cc2C(C)(C)C)-c2cc(C(C)(C)C)c(-c4ccc(C(C)(C)C)cc4)[c]([Zr+2][C]4=CC=CC4)c2C3)cc1.[Cl-].[Cl-]. The van der Waals surface area contributed by atoms with Gasteiger partial charge < -0.3 is 24.8 Å². The molecule has 0 fully saturated rings. The van der Waals surface area contributed by atoms with Crippen LogP contribution in [0.2, 0.25) is 0 Å². The van der Waals surface area contributed by atoms with E-state index in [0.717, 1.165) is 12.8 Å². The maximum absolute atomic E-state index is 2.60. The van der Waals surface area contributed by atoms with Crippen LogP contribution in [0.15, 0.2) is 88.2 Å². The van der Waals surface area contributed by atoms with Crippen molar-refractivity contribution in [2.45, 2.75) is 118 Å². The molecule has 0 aromatic heterocycles. The van der Waals surface area contributed by atoms with E-state index < -0.39 is 23.2 Å². The number of rotatable bonds is 4. The molecule has 0 saturated carbocycles. The Morgan fingerprint density at radius 1 is 0.531 bits per heavy atom. The summed E-state index contributed by atoms with van der Waals surface area (Å²) >= 11 is -1.05. The van der Waals surface area contributed by atoms with Gasteiger partial charge in [-0.1, -0.05) is 0 Å². The Kier molecular flexibility index (Phi) is 11.4. The second-order valence-corrected chi connectivity index (χ2v) is 21.5. The van der Waals surface area contributed by atoms with Crippen molar-refractivity contribution in [2.75, 3.05) is 0 Å². The third kappa shape index (κ3) is 8.01. The second-order valence-electron chi connectivity index (χ2n) is 18.0. The van der Waals surface area contributed by atoms with Crippen LogP contribution < -0.4 is 28.1 Å². The summed E-state index contributed by atoms with van der Waals surface area (Å²) in [7, 11) is 0. The summed E-state index contributed by atoms with van der Waals surface area (Å²) in [6, 6.07) is 26.7. The molecule has 2 aliphatic carbocycles. The molecule has 0 amide bonds. The molecule has 0 saturated heterocycles. The first kappa shape index (κ1) is 39.6. The molecule has 49 heavy (non-hydrogen) atoms. The van der Waals surface area contributed by atoms with Crippen LogP contribution in [0.1, 0.15) is 123 Å². The minimum atomic E-state index is -1.05. The summed E-state index contributed by atoms with van der Waals surface area (Å²) in [5.41, 5.74) is 17.7. The molecule has 0 nitrogen and oxygen atoms in total. The normalized spacial score (nSPS) is 14.0. The van der Waals surface area contributed by atoms with E-state index in [1.165, 1.54) is 61.2 Å². The molecule has 4 aromatic rings. The molecule has 0 unspecified atom stereocenters. The molecule has 6 rings (SSSR count). The minimum absolute atomic E-state index is 0. The molecule has 2 aliphatic rings. The van der Waals surface area contributed by atoms with Gasteiger partial charge in [-0.2, -0.15) is 0 Å². The molecule has 0 N–H and O–H groups in total. The topological polar surface area (TPSA) is 0 Å². The average Bonchev–Trinajstić information content (AvgIpc) is 3.62. The average molecular weight is 769 g/mol. The van der Waals surface area contributed by atoms with Crippen LogP contribution in [0.3, 0.4) is 0 Å². The van der Waals surface area contributed by atoms with Gasteiger partial charge in [0.1, 0.15) is 0 Å². The number of halogens is 2. The molecule has 0 heterocycles. The summed E-state index contributed by atoms with van der Waals surface area (Å²) < 4.78 is 3.37. The standard InChI is InChI=1S/C41H49.C5H5.2ClH.Zr/c1-38(2,3)30-17-13-26(14-18-30)34-22-28-21-29-23-35(27-15-19-31(20-16-27)39(4,5)6)37(41(10,11)12)25-33(29)32(28)24-36(34)40(7,8)9;1-2-4-5-3-1;;;/h13-20,22,24-25H,21H2,1-12H3;1-3H,4H2;2*1H;/q;;;;+2/p-2. The van der Waals surface area contributed by atoms with Gasteiger partial charge in [0.05, 0.1) is 0 Å². The Morgan fingerprint density at radius 3 is 1.51 bits per heavy atom. The van der Waals surface area contributed by atoms with Crippen molar-refractivity contribution < 1.29 is 48.0 Å². The summed E-state index contributed by atoms with van der Waals surface area (Å²) in [5.74, 6) is 0. The van der Waals surface area contributed by atoms with Crippen LogP contribution in [0.25, 0.3) is 33.4 Å². The first-order chi connectivity index (χ1) is 21.8. The fraction of sp³-hybridized carbons (Fsp3) is 0.391. The number of fused-ring (bicyclic) bond motifs is 3. The fourth-order valence-corrected chi connectivity index (χ4v) is 10.9. The summed E-state index contributed by atoms with van der Waals surface area (Å²) in [4.78, 5) is 0. The van der Waals surface area contributed by atoms with Gasteiger partial charge in [0.2, 0.25) is 0 Å². The molecule has 0 aliphatic heterocycles. The van der Waals surface area contributed by atoms with E-state index in [9.17, 15) is 0 Å². The van der Waals surface area contributed by atoms with Gasteiger partial charge in [-0.05, 0) is 0 Å². The first-order valence-corrected chi connectivity index (χ1v) is 20.0. The van der Waals surface area contributed by atoms with E-state index in [1.54, 1.807) is 12.1 Å². The van der Waals surface area contributed by atoms with Crippen molar-refractivity contribution in [1.82, 2.24) is 0 Å². The van der Waals surface area contributed by atoms with Crippen LogP contribution in [0, 0.1) is 0 Å². The van der Waals surface area contributed by atoms with Gasteiger partial charge in [-0.15, -0.1) is 0 Å². The third-order valence-electron chi connectivity index (χ3n) is 10.1. The largest absolute Gasteiger partial charge is 1.00 e. The van der Waals surface area contributed by atoms with Crippen molar-refractivity contribution in [1.29, 1.82) is 0 Å². The van der Waals surface area contributed by atoms with Crippen LogP contribution >= 0.6 is 0 Å².